The fourth-order valence-electron chi connectivity index (χ4n) is 3.13. The third-order valence-corrected chi connectivity index (χ3v) is 4.77. The van der Waals surface area contributed by atoms with Crippen molar-refractivity contribution in [3.63, 3.8) is 0 Å². The molecule has 1 unspecified atom stereocenters. The second kappa shape index (κ2) is 6.73. The van der Waals surface area contributed by atoms with Crippen molar-refractivity contribution in [2.75, 3.05) is 0 Å². The summed E-state index contributed by atoms with van der Waals surface area (Å²) in [5.74, 6) is 5.86. The average Bonchev–Trinajstić information content (AvgIpc) is 2.77. The predicted molar refractivity (Wildman–Crippen MR) is 92.9 cm³/mol. The van der Waals surface area contributed by atoms with E-state index in [0.29, 0.717) is 0 Å². The molecule has 2 nitrogen and oxygen atoms in total. The van der Waals surface area contributed by atoms with Crippen LogP contribution in [-0.2, 0) is 0 Å². The van der Waals surface area contributed by atoms with Crippen molar-refractivity contribution in [3.05, 3.63) is 58.1 Å². The first-order valence-corrected chi connectivity index (χ1v) is 8.41. The van der Waals surface area contributed by atoms with Crippen LogP contribution in [0.4, 0.5) is 0 Å². The number of halogens is 1. The van der Waals surface area contributed by atoms with Gasteiger partial charge in [-0.15, -0.1) is 0 Å². The quantitative estimate of drug-likeness (QED) is 0.467. The minimum Gasteiger partial charge on any atom is -0.271 e. The molecule has 0 saturated heterocycles. The monoisotopic (exact) mass is 344 g/mol. The molecule has 0 amide bonds. The Balaban J connectivity index is 1.96. The smallest absolute Gasteiger partial charge is 0.0670 e. The molecule has 0 aliphatic heterocycles. The van der Waals surface area contributed by atoms with E-state index >= 15 is 0 Å². The molecule has 0 saturated carbocycles. The van der Waals surface area contributed by atoms with E-state index < -0.39 is 0 Å². The summed E-state index contributed by atoms with van der Waals surface area (Å²) in [5.41, 5.74) is 5.70. The summed E-state index contributed by atoms with van der Waals surface area (Å²) < 4.78 is 1.11. The lowest BCUT2D eigenvalue weighted by Gasteiger charge is -2.20. The van der Waals surface area contributed by atoms with Gasteiger partial charge in [0.05, 0.1) is 6.04 Å². The molecule has 0 spiro atoms. The maximum atomic E-state index is 5.86. The summed E-state index contributed by atoms with van der Waals surface area (Å²) in [6.45, 7) is 0. The Morgan fingerprint density at radius 3 is 2.67 bits per heavy atom. The van der Waals surface area contributed by atoms with Crippen LogP contribution in [0.25, 0.3) is 10.8 Å². The second-order valence-electron chi connectivity index (χ2n) is 5.73. The molecular weight excluding hydrogens is 324 g/mol. The topological polar surface area (TPSA) is 38.0 Å². The Labute approximate surface area is 134 Å². The lowest BCUT2D eigenvalue weighted by Crippen LogP contribution is -2.29. The van der Waals surface area contributed by atoms with Crippen LogP contribution in [0.3, 0.4) is 0 Å². The van der Waals surface area contributed by atoms with Crippen molar-refractivity contribution in [1.29, 1.82) is 0 Å². The van der Waals surface area contributed by atoms with Gasteiger partial charge in [0.15, 0.2) is 0 Å². The fourth-order valence-corrected chi connectivity index (χ4v) is 3.51. The van der Waals surface area contributed by atoms with E-state index in [9.17, 15) is 0 Å². The van der Waals surface area contributed by atoms with Gasteiger partial charge in [-0.05, 0) is 60.2 Å². The zero-order chi connectivity index (χ0) is 14.7. The van der Waals surface area contributed by atoms with E-state index in [1.54, 1.807) is 0 Å². The Bertz CT molecular complexity index is 663. The SMILES string of the molecule is NNC(C1=CCCCCC1)c1ccc2cc(Br)ccc2c1. The minimum absolute atomic E-state index is 0.135. The van der Waals surface area contributed by atoms with Crippen molar-refractivity contribution < 1.29 is 0 Å². The maximum Gasteiger partial charge on any atom is 0.0670 e. The first-order valence-electron chi connectivity index (χ1n) is 7.62. The van der Waals surface area contributed by atoms with E-state index in [2.05, 4.69) is 63.8 Å². The number of allylic oxidation sites excluding steroid dienone is 1. The molecule has 0 bridgehead atoms. The second-order valence-corrected chi connectivity index (χ2v) is 6.64. The van der Waals surface area contributed by atoms with Crippen molar-refractivity contribution in [2.24, 2.45) is 5.84 Å². The Hall–Kier alpha value is -1.16. The molecule has 3 rings (SSSR count). The van der Waals surface area contributed by atoms with Crippen molar-refractivity contribution in [2.45, 2.75) is 38.1 Å². The highest BCUT2D eigenvalue weighted by atomic mass is 79.9. The third-order valence-electron chi connectivity index (χ3n) is 4.27. The standard InChI is InChI=1S/C18H21BrN2/c19-17-10-9-14-11-16(8-7-15(14)12-17)18(21-20)13-5-3-1-2-4-6-13/h5,7-12,18,21H,1-4,6,20H2. The maximum absolute atomic E-state index is 5.86. The first-order chi connectivity index (χ1) is 10.3. The van der Waals surface area contributed by atoms with Crippen LogP contribution in [0.15, 0.2) is 52.5 Å². The zero-order valence-corrected chi connectivity index (χ0v) is 13.7. The number of fused-ring (bicyclic) bond motifs is 1. The molecule has 2 aromatic carbocycles. The van der Waals surface area contributed by atoms with Crippen molar-refractivity contribution in [3.8, 4) is 0 Å². The van der Waals surface area contributed by atoms with Crippen LogP contribution in [0, 0.1) is 0 Å². The van der Waals surface area contributed by atoms with Crippen LogP contribution in [-0.4, -0.2) is 0 Å². The van der Waals surface area contributed by atoms with E-state index in [1.165, 1.54) is 47.6 Å². The third kappa shape index (κ3) is 3.37. The Morgan fingerprint density at radius 2 is 1.81 bits per heavy atom. The van der Waals surface area contributed by atoms with Gasteiger partial charge in [0.2, 0.25) is 0 Å². The van der Waals surface area contributed by atoms with Crippen molar-refractivity contribution in [1.82, 2.24) is 5.43 Å². The Kier molecular flexibility index (Phi) is 4.73. The number of rotatable bonds is 3. The predicted octanol–water partition coefficient (Wildman–Crippen LogP) is 5.00. The highest BCUT2D eigenvalue weighted by Crippen LogP contribution is 2.31. The number of hydrogen-bond acceptors (Lipinski definition) is 2. The molecule has 1 aliphatic carbocycles. The highest BCUT2D eigenvalue weighted by Gasteiger charge is 2.16. The largest absolute Gasteiger partial charge is 0.271 e. The van der Waals surface area contributed by atoms with E-state index in [0.717, 1.165) is 10.9 Å². The van der Waals surface area contributed by atoms with Gasteiger partial charge >= 0.3 is 0 Å². The molecule has 3 heteroatoms. The van der Waals surface area contributed by atoms with Crippen LogP contribution in [0.5, 0.6) is 0 Å². The molecule has 0 fully saturated rings. The number of nitrogens with one attached hydrogen (secondary N) is 1. The van der Waals surface area contributed by atoms with Gasteiger partial charge < -0.3 is 0 Å². The molecule has 1 aliphatic rings. The van der Waals surface area contributed by atoms with Gasteiger partial charge in [-0.1, -0.05) is 52.2 Å². The highest BCUT2D eigenvalue weighted by molar-refractivity contribution is 9.10. The summed E-state index contributed by atoms with van der Waals surface area (Å²) in [6, 6.07) is 13.1. The number of hydrogen-bond donors (Lipinski definition) is 2. The fraction of sp³-hybridized carbons (Fsp3) is 0.333. The van der Waals surface area contributed by atoms with Crippen molar-refractivity contribution >= 4 is 26.7 Å². The molecule has 1 atom stereocenters. The van der Waals surface area contributed by atoms with Crippen LogP contribution < -0.4 is 11.3 Å². The summed E-state index contributed by atoms with van der Waals surface area (Å²) in [4.78, 5) is 0. The summed E-state index contributed by atoms with van der Waals surface area (Å²) in [5, 5.41) is 2.50. The zero-order valence-electron chi connectivity index (χ0n) is 12.1. The Morgan fingerprint density at radius 1 is 1.00 bits per heavy atom. The lowest BCUT2D eigenvalue weighted by atomic mass is 9.94. The summed E-state index contributed by atoms with van der Waals surface area (Å²) in [7, 11) is 0. The summed E-state index contributed by atoms with van der Waals surface area (Å²) >= 11 is 3.52. The van der Waals surface area contributed by atoms with Gasteiger partial charge in [-0.25, -0.2) is 5.43 Å². The normalized spacial score (nSPS) is 17.3. The van der Waals surface area contributed by atoms with Gasteiger partial charge in [-0.2, -0.15) is 0 Å². The average molecular weight is 345 g/mol. The molecule has 2 aromatic rings. The van der Waals surface area contributed by atoms with E-state index in [1.807, 2.05) is 0 Å². The van der Waals surface area contributed by atoms with Crippen LogP contribution in [0.2, 0.25) is 0 Å². The van der Waals surface area contributed by atoms with Gasteiger partial charge in [0.1, 0.15) is 0 Å². The number of nitrogens with two attached hydrogens (primary N) is 1. The molecule has 0 heterocycles. The molecule has 110 valence electrons. The molecule has 21 heavy (non-hydrogen) atoms. The number of hydrazine groups is 1. The minimum atomic E-state index is 0.135. The molecule has 3 N–H and O–H groups in total. The molecule has 0 aromatic heterocycles. The van der Waals surface area contributed by atoms with Gasteiger partial charge in [-0.3, -0.25) is 5.84 Å². The van der Waals surface area contributed by atoms with E-state index in [-0.39, 0.29) is 6.04 Å². The molecular formula is C18H21BrN2. The van der Waals surface area contributed by atoms with Gasteiger partial charge in [0.25, 0.3) is 0 Å². The van der Waals surface area contributed by atoms with Crippen LogP contribution >= 0.6 is 15.9 Å². The number of benzene rings is 2. The van der Waals surface area contributed by atoms with E-state index in [4.69, 9.17) is 5.84 Å². The molecule has 0 radical (unpaired) electrons. The van der Waals surface area contributed by atoms with Gasteiger partial charge in [0, 0.05) is 4.47 Å². The van der Waals surface area contributed by atoms with Crippen LogP contribution in [0.1, 0.15) is 43.7 Å². The first kappa shape index (κ1) is 14.8. The lowest BCUT2D eigenvalue weighted by molar-refractivity contribution is 0.593. The summed E-state index contributed by atoms with van der Waals surface area (Å²) in [6.07, 6.45) is 8.59.